The van der Waals surface area contributed by atoms with E-state index in [1.165, 1.54) is 37.1 Å². The maximum absolute atomic E-state index is 4.40. The monoisotopic (exact) mass is 280 g/mol. The van der Waals surface area contributed by atoms with E-state index in [0.29, 0.717) is 0 Å². The molecule has 0 atom stereocenters. The van der Waals surface area contributed by atoms with Crippen LogP contribution in [0.15, 0.2) is 30.5 Å². The molecule has 3 heteroatoms. The summed E-state index contributed by atoms with van der Waals surface area (Å²) < 4.78 is 1.31. The van der Waals surface area contributed by atoms with E-state index in [9.17, 15) is 0 Å². The van der Waals surface area contributed by atoms with Gasteiger partial charge in [-0.2, -0.15) is 0 Å². The number of pyridine rings is 1. The Bertz CT molecular complexity index is 428. The molecule has 0 fully saturated rings. The second-order valence-electron chi connectivity index (χ2n) is 2.87. The molecule has 0 saturated heterocycles. The van der Waals surface area contributed by atoms with E-state index in [0.717, 1.165) is 5.52 Å². The van der Waals surface area contributed by atoms with Crippen LogP contribution in [0.5, 0.6) is 0 Å². The van der Waals surface area contributed by atoms with Gasteiger partial charge in [-0.25, -0.2) is 0 Å². The Balaban J connectivity index is 0.000000845. The number of aryl methyl sites for hydroxylation is 1. The molecule has 13 heavy (non-hydrogen) atoms. The van der Waals surface area contributed by atoms with Crippen LogP contribution in [0.1, 0.15) is 5.56 Å². The third-order valence-electron chi connectivity index (χ3n) is 1.91. The minimum Gasteiger partial charge on any atom is -0.412 e. The zero-order chi connectivity index (χ0) is 8.55. The van der Waals surface area contributed by atoms with Gasteiger partial charge in [-0.1, -0.05) is 0 Å². The van der Waals surface area contributed by atoms with E-state index in [-0.39, 0.29) is 5.48 Å². The number of nitrogens with zero attached hydrogens (tertiary/aromatic N) is 1. The Labute approximate surface area is 90.4 Å². The summed E-state index contributed by atoms with van der Waals surface area (Å²) in [5.41, 5.74) is 2.38. The molecule has 65 valence electrons. The maximum Gasteiger partial charge on any atom is -0.412 e. The summed E-state index contributed by atoms with van der Waals surface area (Å²) in [6.45, 7) is 2.10. The summed E-state index contributed by atoms with van der Waals surface area (Å²) in [6, 6.07) is 8.49. The fourth-order valence-corrected chi connectivity index (χ4v) is 1.94. The number of hydrogen-bond donors (Lipinski definition) is 0. The second-order valence-corrected chi connectivity index (χ2v) is 4.52. The predicted octanol–water partition coefficient (Wildman–Crippen LogP) is 0.512. The Morgan fingerprint density at radius 2 is 2.08 bits per heavy atom. The summed E-state index contributed by atoms with van der Waals surface area (Å²) in [7, 11) is 0. The number of hydrogen-bond acceptors (Lipinski definition) is 1. The number of benzene rings is 1. The summed E-state index contributed by atoms with van der Waals surface area (Å²) in [5.74, 6) is 0. The summed E-state index contributed by atoms with van der Waals surface area (Å²) in [5, 5.41) is 1.25. The SMILES string of the molecule is Cc1cccc2c[c]([Sn])cnc12.O. The third-order valence-corrected chi connectivity index (χ3v) is 2.69. The maximum atomic E-state index is 4.40. The van der Waals surface area contributed by atoms with Gasteiger partial charge in [0, 0.05) is 0 Å². The van der Waals surface area contributed by atoms with Gasteiger partial charge < -0.3 is 5.48 Å². The van der Waals surface area contributed by atoms with Crippen molar-refractivity contribution in [3.8, 4) is 0 Å². The number of para-hydroxylation sites is 1. The second kappa shape index (κ2) is 4.07. The van der Waals surface area contributed by atoms with Crippen molar-refractivity contribution in [1.82, 2.24) is 4.98 Å². The van der Waals surface area contributed by atoms with Crippen LogP contribution in [0, 0.1) is 6.92 Å². The van der Waals surface area contributed by atoms with Crippen LogP contribution in [-0.4, -0.2) is 33.0 Å². The molecule has 0 aliphatic rings. The average molecular weight is 279 g/mol. The molecule has 0 spiro atoms. The van der Waals surface area contributed by atoms with Crippen molar-refractivity contribution in [2.75, 3.05) is 0 Å². The minimum atomic E-state index is 0. The van der Waals surface area contributed by atoms with Crippen molar-refractivity contribution in [2.24, 2.45) is 0 Å². The fourth-order valence-electron chi connectivity index (χ4n) is 1.31. The Hall–Kier alpha value is -0.611. The van der Waals surface area contributed by atoms with Gasteiger partial charge in [-0.05, 0) is 0 Å². The number of aromatic nitrogens is 1. The molecule has 0 aliphatic carbocycles. The van der Waals surface area contributed by atoms with Gasteiger partial charge in [0.15, 0.2) is 0 Å². The first kappa shape index (κ1) is 10.5. The molecule has 0 bridgehead atoms. The van der Waals surface area contributed by atoms with Gasteiger partial charge in [0.25, 0.3) is 0 Å². The van der Waals surface area contributed by atoms with E-state index in [1.54, 1.807) is 0 Å². The van der Waals surface area contributed by atoms with Gasteiger partial charge in [0.05, 0.1) is 0 Å². The molecule has 1 aromatic carbocycles. The quantitative estimate of drug-likeness (QED) is 0.648. The molecular weight excluding hydrogens is 269 g/mol. The molecule has 2 rings (SSSR count). The van der Waals surface area contributed by atoms with Crippen molar-refractivity contribution >= 4 is 37.0 Å². The number of fused-ring (bicyclic) bond motifs is 1. The van der Waals surface area contributed by atoms with E-state index < -0.39 is 0 Å². The molecule has 1 aromatic heterocycles. The first-order valence-corrected chi connectivity index (χ1v) is 5.27. The Morgan fingerprint density at radius 3 is 2.85 bits per heavy atom. The van der Waals surface area contributed by atoms with Gasteiger partial charge in [-0.15, -0.1) is 0 Å². The minimum absolute atomic E-state index is 0. The molecule has 2 nitrogen and oxygen atoms in total. The van der Waals surface area contributed by atoms with E-state index in [2.05, 4.69) is 36.2 Å². The van der Waals surface area contributed by atoms with Crippen LogP contribution in [0.2, 0.25) is 0 Å². The first-order chi connectivity index (χ1) is 5.77. The summed E-state index contributed by atoms with van der Waals surface area (Å²) in [4.78, 5) is 4.40. The van der Waals surface area contributed by atoms with Crippen LogP contribution < -0.4 is 3.58 Å². The third kappa shape index (κ3) is 2.00. The predicted molar refractivity (Wildman–Crippen MR) is 55.5 cm³/mol. The Kier molecular flexibility index (Phi) is 3.27. The summed E-state index contributed by atoms with van der Waals surface area (Å²) >= 11 is 1.43. The Morgan fingerprint density at radius 1 is 1.31 bits per heavy atom. The average Bonchev–Trinajstić information content (AvgIpc) is 2.04. The zero-order valence-electron chi connectivity index (χ0n) is 7.33. The largest absolute Gasteiger partial charge is 0.412 e. The molecule has 2 N–H and O–H groups in total. The van der Waals surface area contributed by atoms with E-state index in [4.69, 9.17) is 0 Å². The van der Waals surface area contributed by atoms with E-state index in [1.807, 2.05) is 6.20 Å². The van der Waals surface area contributed by atoms with Crippen molar-refractivity contribution < 1.29 is 5.48 Å². The van der Waals surface area contributed by atoms with Crippen LogP contribution in [-0.2, 0) is 0 Å². The molecule has 0 saturated carbocycles. The van der Waals surface area contributed by atoms with Crippen LogP contribution in [0.4, 0.5) is 0 Å². The molecule has 0 unspecified atom stereocenters. The van der Waals surface area contributed by atoms with Gasteiger partial charge in [0.2, 0.25) is 0 Å². The first-order valence-electron chi connectivity index (χ1n) is 3.84. The van der Waals surface area contributed by atoms with Crippen molar-refractivity contribution in [2.45, 2.75) is 6.92 Å². The van der Waals surface area contributed by atoms with Crippen molar-refractivity contribution in [1.29, 1.82) is 0 Å². The van der Waals surface area contributed by atoms with Crippen molar-refractivity contribution in [3.63, 3.8) is 0 Å². The molecule has 2 aromatic rings. The zero-order valence-corrected chi connectivity index (χ0v) is 10.2. The molecule has 0 amide bonds. The van der Waals surface area contributed by atoms with Crippen LogP contribution >= 0.6 is 0 Å². The normalized spacial score (nSPS) is 9.69. The van der Waals surface area contributed by atoms with Crippen LogP contribution in [0.3, 0.4) is 0 Å². The van der Waals surface area contributed by atoms with Gasteiger partial charge >= 0.3 is 84.9 Å². The number of rotatable bonds is 0. The molecule has 3 radical (unpaired) electrons. The van der Waals surface area contributed by atoms with E-state index >= 15 is 0 Å². The van der Waals surface area contributed by atoms with Crippen LogP contribution in [0.25, 0.3) is 10.9 Å². The summed E-state index contributed by atoms with van der Waals surface area (Å²) in [6.07, 6.45) is 1.95. The smallest absolute Gasteiger partial charge is 0.412 e. The molecular formula is C10H10NOSn. The molecule has 0 aliphatic heterocycles. The topological polar surface area (TPSA) is 44.4 Å². The molecule has 1 heterocycles. The van der Waals surface area contributed by atoms with Gasteiger partial charge in [0.1, 0.15) is 0 Å². The van der Waals surface area contributed by atoms with Gasteiger partial charge in [-0.3, -0.25) is 0 Å². The van der Waals surface area contributed by atoms with Crippen molar-refractivity contribution in [3.05, 3.63) is 36.0 Å². The fraction of sp³-hybridized carbons (Fsp3) is 0.100. The standard InChI is InChI=1S/C10H8N.H2O.Sn/c1-8-4-2-5-9-6-3-7-11-10(8)9;;/h2,4-7H,1H3;1H2;.